The van der Waals surface area contributed by atoms with Gasteiger partial charge in [0.1, 0.15) is 0 Å². The van der Waals surface area contributed by atoms with E-state index in [9.17, 15) is 5.26 Å². The van der Waals surface area contributed by atoms with Crippen LogP contribution in [-0.4, -0.2) is 7.05 Å². The fourth-order valence-corrected chi connectivity index (χ4v) is 2.23. The van der Waals surface area contributed by atoms with Crippen LogP contribution in [0.1, 0.15) is 36.6 Å². The summed E-state index contributed by atoms with van der Waals surface area (Å²) in [6.45, 7) is 8.40. The van der Waals surface area contributed by atoms with Crippen LogP contribution < -0.4 is 5.32 Å². The Bertz CT molecular complexity index is 415. The second-order valence-corrected chi connectivity index (χ2v) is 5.03. The second-order valence-electron chi connectivity index (χ2n) is 5.03. The summed E-state index contributed by atoms with van der Waals surface area (Å²) in [6.07, 6.45) is 0. The van der Waals surface area contributed by atoms with Crippen molar-refractivity contribution in [3.63, 3.8) is 0 Å². The molecule has 2 atom stereocenters. The van der Waals surface area contributed by atoms with Gasteiger partial charge in [-0.3, -0.25) is 0 Å². The Morgan fingerprint density at radius 2 is 1.88 bits per heavy atom. The van der Waals surface area contributed by atoms with Crippen LogP contribution in [0.4, 0.5) is 0 Å². The van der Waals surface area contributed by atoms with E-state index in [2.05, 4.69) is 57.3 Å². The zero-order valence-electron chi connectivity index (χ0n) is 11.4. The number of rotatable bonds is 4. The van der Waals surface area contributed by atoms with Gasteiger partial charge in [0.05, 0.1) is 12.0 Å². The smallest absolute Gasteiger partial charge is 0.0681 e. The number of nitriles is 1. The summed E-state index contributed by atoms with van der Waals surface area (Å²) in [5.74, 6) is 0.345. The third-order valence-corrected chi connectivity index (χ3v) is 3.31. The first-order valence-corrected chi connectivity index (χ1v) is 6.15. The maximum atomic E-state index is 9.33. The van der Waals surface area contributed by atoms with Crippen LogP contribution in [0.5, 0.6) is 0 Å². The van der Waals surface area contributed by atoms with E-state index in [1.165, 1.54) is 16.7 Å². The lowest BCUT2D eigenvalue weighted by Gasteiger charge is -2.26. The minimum atomic E-state index is 0.000463. The minimum absolute atomic E-state index is 0.000463. The first-order chi connectivity index (χ1) is 8.01. The van der Waals surface area contributed by atoms with Crippen molar-refractivity contribution in [2.75, 3.05) is 7.05 Å². The highest BCUT2D eigenvalue weighted by atomic mass is 14.9. The molecule has 0 heterocycles. The molecule has 2 heteroatoms. The molecule has 0 fully saturated rings. The maximum Gasteiger partial charge on any atom is 0.0681 e. The third kappa shape index (κ3) is 3.08. The number of hydrogen-bond acceptors (Lipinski definition) is 2. The molecular formula is C15H22N2. The van der Waals surface area contributed by atoms with Crippen LogP contribution in [-0.2, 0) is 0 Å². The van der Waals surface area contributed by atoms with E-state index in [1.54, 1.807) is 0 Å². The Morgan fingerprint density at radius 1 is 1.24 bits per heavy atom. The zero-order valence-corrected chi connectivity index (χ0v) is 11.4. The lowest BCUT2D eigenvalue weighted by Crippen LogP contribution is -2.28. The van der Waals surface area contributed by atoms with Crippen molar-refractivity contribution in [3.05, 3.63) is 34.9 Å². The minimum Gasteiger partial charge on any atom is -0.312 e. The summed E-state index contributed by atoms with van der Waals surface area (Å²) in [4.78, 5) is 0. The van der Waals surface area contributed by atoms with E-state index in [0.29, 0.717) is 5.92 Å². The fourth-order valence-electron chi connectivity index (χ4n) is 2.23. The standard InChI is InChI=1S/C15H22N2/c1-10(2)14(9-16)15(17-5)13-8-11(3)6-7-12(13)4/h6-8,10,14-15,17H,1-5H3. The van der Waals surface area contributed by atoms with Crippen molar-refractivity contribution in [3.8, 4) is 6.07 Å². The van der Waals surface area contributed by atoms with Crippen LogP contribution in [0.15, 0.2) is 18.2 Å². The lowest BCUT2D eigenvalue weighted by molar-refractivity contribution is 0.362. The summed E-state index contributed by atoms with van der Waals surface area (Å²) in [5, 5.41) is 12.6. The highest BCUT2D eigenvalue weighted by molar-refractivity contribution is 5.34. The summed E-state index contributed by atoms with van der Waals surface area (Å²) >= 11 is 0. The van der Waals surface area contributed by atoms with Crippen molar-refractivity contribution < 1.29 is 0 Å². The Balaban J connectivity index is 3.17. The summed E-state index contributed by atoms with van der Waals surface area (Å²) in [6, 6.07) is 8.97. The van der Waals surface area contributed by atoms with Crippen molar-refractivity contribution >= 4 is 0 Å². The van der Waals surface area contributed by atoms with Crippen LogP contribution in [0.2, 0.25) is 0 Å². The molecular weight excluding hydrogens is 208 g/mol. The molecule has 2 nitrogen and oxygen atoms in total. The Hall–Kier alpha value is -1.33. The SMILES string of the molecule is CNC(c1cc(C)ccc1C)C(C#N)C(C)C. The van der Waals surface area contributed by atoms with Crippen LogP contribution >= 0.6 is 0 Å². The van der Waals surface area contributed by atoms with E-state index in [-0.39, 0.29) is 12.0 Å². The molecule has 0 aliphatic heterocycles. The summed E-state index contributed by atoms with van der Waals surface area (Å²) < 4.78 is 0. The van der Waals surface area contributed by atoms with E-state index in [0.717, 1.165) is 0 Å². The molecule has 0 aromatic heterocycles. The molecule has 0 radical (unpaired) electrons. The van der Waals surface area contributed by atoms with Crippen LogP contribution in [0, 0.1) is 37.0 Å². The highest BCUT2D eigenvalue weighted by Crippen LogP contribution is 2.29. The molecule has 0 aliphatic carbocycles. The topological polar surface area (TPSA) is 35.8 Å². The highest BCUT2D eigenvalue weighted by Gasteiger charge is 2.25. The van der Waals surface area contributed by atoms with Gasteiger partial charge in [0, 0.05) is 6.04 Å². The molecule has 1 N–H and O–H groups in total. The lowest BCUT2D eigenvalue weighted by atomic mass is 9.83. The van der Waals surface area contributed by atoms with Gasteiger partial charge in [-0.2, -0.15) is 5.26 Å². The van der Waals surface area contributed by atoms with E-state index < -0.39 is 0 Å². The van der Waals surface area contributed by atoms with Gasteiger partial charge in [-0.25, -0.2) is 0 Å². The van der Waals surface area contributed by atoms with Crippen LogP contribution in [0.3, 0.4) is 0 Å². The summed E-state index contributed by atoms with van der Waals surface area (Å²) in [7, 11) is 1.93. The average Bonchev–Trinajstić information content (AvgIpc) is 2.28. The van der Waals surface area contributed by atoms with Gasteiger partial charge in [0.25, 0.3) is 0 Å². The molecule has 1 aromatic rings. The largest absolute Gasteiger partial charge is 0.312 e. The molecule has 0 saturated heterocycles. The number of hydrogen-bond donors (Lipinski definition) is 1. The van der Waals surface area contributed by atoms with Crippen molar-refractivity contribution in [2.24, 2.45) is 11.8 Å². The average molecular weight is 230 g/mol. The van der Waals surface area contributed by atoms with E-state index in [4.69, 9.17) is 0 Å². The van der Waals surface area contributed by atoms with Gasteiger partial charge >= 0.3 is 0 Å². The zero-order chi connectivity index (χ0) is 13.0. The van der Waals surface area contributed by atoms with Crippen molar-refractivity contribution in [1.29, 1.82) is 5.26 Å². The second kappa shape index (κ2) is 5.84. The third-order valence-electron chi connectivity index (χ3n) is 3.31. The quantitative estimate of drug-likeness (QED) is 0.861. The van der Waals surface area contributed by atoms with Gasteiger partial charge in [-0.05, 0) is 37.9 Å². The van der Waals surface area contributed by atoms with Crippen molar-refractivity contribution in [1.82, 2.24) is 5.32 Å². The number of benzene rings is 1. The molecule has 17 heavy (non-hydrogen) atoms. The summed E-state index contributed by atoms with van der Waals surface area (Å²) in [5.41, 5.74) is 3.73. The molecule has 0 saturated carbocycles. The Labute approximate surface area is 105 Å². The predicted molar refractivity (Wildman–Crippen MR) is 71.7 cm³/mol. The molecule has 1 aromatic carbocycles. The number of nitrogens with one attached hydrogen (secondary N) is 1. The van der Waals surface area contributed by atoms with Crippen molar-refractivity contribution in [2.45, 2.75) is 33.7 Å². The first-order valence-electron chi connectivity index (χ1n) is 6.15. The molecule has 0 amide bonds. The molecule has 0 aliphatic rings. The fraction of sp³-hybridized carbons (Fsp3) is 0.533. The van der Waals surface area contributed by atoms with Gasteiger partial charge in [0.2, 0.25) is 0 Å². The van der Waals surface area contributed by atoms with Gasteiger partial charge < -0.3 is 5.32 Å². The molecule has 92 valence electrons. The molecule has 0 bridgehead atoms. The molecule has 2 unspecified atom stereocenters. The maximum absolute atomic E-state index is 9.33. The number of nitrogens with zero attached hydrogens (tertiary/aromatic N) is 1. The normalized spacial score (nSPS) is 14.4. The predicted octanol–water partition coefficient (Wildman–Crippen LogP) is 3.36. The van der Waals surface area contributed by atoms with E-state index in [1.807, 2.05) is 7.05 Å². The monoisotopic (exact) mass is 230 g/mol. The number of aryl methyl sites for hydroxylation is 2. The first kappa shape index (κ1) is 13.7. The van der Waals surface area contributed by atoms with Crippen LogP contribution in [0.25, 0.3) is 0 Å². The van der Waals surface area contributed by atoms with Gasteiger partial charge in [0.15, 0.2) is 0 Å². The Morgan fingerprint density at radius 3 is 2.35 bits per heavy atom. The molecule has 1 rings (SSSR count). The van der Waals surface area contributed by atoms with Gasteiger partial charge in [-0.1, -0.05) is 37.6 Å². The van der Waals surface area contributed by atoms with Gasteiger partial charge in [-0.15, -0.1) is 0 Å². The molecule has 0 spiro atoms. The Kier molecular flexibility index (Phi) is 4.72. The van der Waals surface area contributed by atoms with E-state index >= 15 is 0 Å².